The first kappa shape index (κ1) is 18.3. The Morgan fingerprint density at radius 1 is 1.04 bits per heavy atom. The van der Waals surface area contributed by atoms with E-state index in [1.165, 1.54) is 37.3 Å². The van der Waals surface area contributed by atoms with Gasteiger partial charge < -0.3 is 9.50 Å². The fourth-order valence-corrected chi connectivity index (χ4v) is 3.55. The molecule has 3 aromatic rings. The van der Waals surface area contributed by atoms with Gasteiger partial charge in [0, 0.05) is 35.5 Å². The van der Waals surface area contributed by atoms with Crippen LogP contribution in [0.5, 0.6) is 5.75 Å². The fraction of sp³-hybridized carbons (Fsp3) is 0.0556. The Bertz CT molecular complexity index is 1160. The van der Waals surface area contributed by atoms with Gasteiger partial charge in [-0.2, -0.15) is 8.42 Å². The molecule has 0 unspecified atom stereocenters. The molecule has 3 rings (SSSR count). The molecule has 0 saturated heterocycles. The number of nitro groups is 1. The first-order valence-corrected chi connectivity index (χ1v) is 9.17. The van der Waals surface area contributed by atoms with Crippen molar-refractivity contribution >= 4 is 38.2 Å². The number of hydrogen-bond acceptors (Lipinski definition) is 6. The summed E-state index contributed by atoms with van der Waals surface area (Å²) in [7, 11) is -4.29. The van der Waals surface area contributed by atoms with Crippen molar-refractivity contribution in [1.82, 2.24) is 0 Å². The maximum absolute atomic E-state index is 12.6. The highest BCUT2D eigenvalue weighted by molar-refractivity contribution is 7.87. The molecule has 27 heavy (non-hydrogen) atoms. The monoisotopic (exact) mass is 386 g/mol. The smallest absolute Gasteiger partial charge is 0.339 e. The van der Waals surface area contributed by atoms with Crippen LogP contribution in [0.2, 0.25) is 0 Å². The second-order valence-corrected chi connectivity index (χ2v) is 7.18. The summed E-state index contributed by atoms with van der Waals surface area (Å²) in [6.45, 7) is 1.37. The van der Waals surface area contributed by atoms with E-state index in [9.17, 15) is 23.3 Å². The van der Waals surface area contributed by atoms with E-state index in [2.05, 4.69) is 5.32 Å². The largest absolute Gasteiger partial charge is 0.378 e. The zero-order valence-electron chi connectivity index (χ0n) is 14.1. The minimum Gasteiger partial charge on any atom is -0.378 e. The second kappa shape index (κ2) is 7.04. The van der Waals surface area contributed by atoms with Crippen LogP contribution in [0.1, 0.15) is 6.92 Å². The first-order valence-electron chi connectivity index (χ1n) is 7.76. The SMILES string of the molecule is CC(=O)Nc1ccc(OS(=O)(=O)c2cccc([N+](=O)[O-])c2)c2ccccc12. The number of hydrogen-bond donors (Lipinski definition) is 1. The minimum absolute atomic E-state index is 0.0474. The van der Waals surface area contributed by atoms with E-state index in [0.717, 1.165) is 6.07 Å². The molecule has 3 aromatic carbocycles. The Hall–Kier alpha value is -3.46. The summed E-state index contributed by atoms with van der Waals surface area (Å²) < 4.78 is 30.4. The molecule has 0 spiro atoms. The van der Waals surface area contributed by atoms with Crippen LogP contribution < -0.4 is 9.50 Å². The molecular formula is C18H14N2O6S. The number of carbonyl (C=O) groups is 1. The molecule has 0 radical (unpaired) electrons. The van der Waals surface area contributed by atoms with E-state index in [1.807, 2.05) is 0 Å². The number of fused-ring (bicyclic) bond motifs is 1. The van der Waals surface area contributed by atoms with Crippen LogP contribution >= 0.6 is 0 Å². The molecule has 0 fully saturated rings. The van der Waals surface area contributed by atoms with E-state index in [-0.39, 0.29) is 22.2 Å². The van der Waals surface area contributed by atoms with Crippen molar-refractivity contribution in [3.05, 3.63) is 70.8 Å². The second-order valence-electron chi connectivity index (χ2n) is 5.63. The minimum atomic E-state index is -4.29. The number of benzene rings is 3. The van der Waals surface area contributed by atoms with Crippen molar-refractivity contribution in [2.45, 2.75) is 11.8 Å². The Morgan fingerprint density at radius 3 is 2.41 bits per heavy atom. The third kappa shape index (κ3) is 3.87. The van der Waals surface area contributed by atoms with E-state index < -0.39 is 15.0 Å². The zero-order valence-corrected chi connectivity index (χ0v) is 14.9. The first-order chi connectivity index (χ1) is 12.8. The van der Waals surface area contributed by atoms with Crippen molar-refractivity contribution in [3.8, 4) is 5.75 Å². The van der Waals surface area contributed by atoms with Gasteiger partial charge in [-0.1, -0.05) is 30.3 Å². The standard InChI is InChI=1S/C18H14N2O6S/c1-12(21)19-17-9-10-18(16-8-3-2-7-15(16)17)26-27(24,25)14-6-4-5-13(11-14)20(22)23/h2-11H,1H3,(H,19,21). The third-order valence-electron chi connectivity index (χ3n) is 3.71. The summed E-state index contributed by atoms with van der Waals surface area (Å²) in [5.74, 6) is -0.218. The Kier molecular flexibility index (Phi) is 4.78. The van der Waals surface area contributed by atoms with Crippen LogP contribution in [0, 0.1) is 10.1 Å². The molecule has 0 aliphatic rings. The average Bonchev–Trinajstić information content (AvgIpc) is 2.63. The Morgan fingerprint density at radius 2 is 1.74 bits per heavy atom. The molecule has 138 valence electrons. The predicted molar refractivity (Wildman–Crippen MR) is 99.2 cm³/mol. The molecular weight excluding hydrogens is 372 g/mol. The van der Waals surface area contributed by atoms with Gasteiger partial charge in [-0.15, -0.1) is 0 Å². The van der Waals surface area contributed by atoms with Gasteiger partial charge in [0.25, 0.3) is 5.69 Å². The van der Waals surface area contributed by atoms with Gasteiger partial charge in [0.1, 0.15) is 4.90 Å². The summed E-state index contributed by atoms with van der Waals surface area (Å²) >= 11 is 0. The molecule has 0 aromatic heterocycles. The van der Waals surface area contributed by atoms with E-state index in [1.54, 1.807) is 24.3 Å². The molecule has 0 heterocycles. The van der Waals surface area contributed by atoms with Crippen LogP contribution in [-0.4, -0.2) is 19.2 Å². The fourth-order valence-electron chi connectivity index (χ4n) is 2.56. The molecule has 0 aliphatic carbocycles. The quantitative estimate of drug-likeness (QED) is 0.408. The van der Waals surface area contributed by atoms with Crippen LogP contribution in [0.25, 0.3) is 10.8 Å². The lowest BCUT2D eigenvalue weighted by atomic mass is 10.1. The number of carbonyl (C=O) groups excluding carboxylic acids is 1. The van der Waals surface area contributed by atoms with Gasteiger partial charge in [0.15, 0.2) is 5.75 Å². The van der Waals surface area contributed by atoms with Gasteiger partial charge in [-0.25, -0.2) is 0 Å². The summed E-state index contributed by atoms with van der Waals surface area (Å²) in [5.41, 5.74) is 0.156. The number of amides is 1. The lowest BCUT2D eigenvalue weighted by Gasteiger charge is -2.12. The molecule has 9 heteroatoms. The van der Waals surface area contributed by atoms with Crippen molar-refractivity contribution < 1.29 is 22.3 Å². The van der Waals surface area contributed by atoms with Gasteiger partial charge in [-0.05, 0) is 18.2 Å². The average molecular weight is 386 g/mol. The molecule has 1 amide bonds. The van der Waals surface area contributed by atoms with Crippen molar-refractivity contribution in [3.63, 3.8) is 0 Å². The lowest BCUT2D eigenvalue weighted by Crippen LogP contribution is -2.11. The number of rotatable bonds is 5. The van der Waals surface area contributed by atoms with E-state index >= 15 is 0 Å². The molecule has 0 bridgehead atoms. The molecule has 1 N–H and O–H groups in total. The van der Waals surface area contributed by atoms with Crippen LogP contribution in [0.15, 0.2) is 65.6 Å². The Labute approximate surface area is 154 Å². The summed E-state index contributed by atoms with van der Waals surface area (Å²) in [6, 6.07) is 14.4. The third-order valence-corrected chi connectivity index (χ3v) is 4.94. The van der Waals surface area contributed by atoms with Gasteiger partial charge >= 0.3 is 10.1 Å². The zero-order chi connectivity index (χ0) is 19.6. The van der Waals surface area contributed by atoms with Crippen molar-refractivity contribution in [2.75, 3.05) is 5.32 Å². The highest BCUT2D eigenvalue weighted by Crippen LogP contribution is 2.33. The Balaban J connectivity index is 2.05. The number of anilines is 1. The summed E-state index contributed by atoms with van der Waals surface area (Å²) in [4.78, 5) is 21.2. The number of nitro benzene ring substituents is 1. The van der Waals surface area contributed by atoms with E-state index in [4.69, 9.17) is 4.18 Å². The highest BCUT2D eigenvalue weighted by atomic mass is 32.2. The van der Waals surface area contributed by atoms with Crippen molar-refractivity contribution in [2.24, 2.45) is 0 Å². The molecule has 0 saturated carbocycles. The topological polar surface area (TPSA) is 116 Å². The maximum Gasteiger partial charge on any atom is 0.339 e. The molecule has 0 atom stereocenters. The van der Waals surface area contributed by atoms with Gasteiger partial charge in [0.05, 0.1) is 4.92 Å². The highest BCUT2D eigenvalue weighted by Gasteiger charge is 2.21. The number of nitrogens with one attached hydrogen (secondary N) is 1. The summed E-state index contributed by atoms with van der Waals surface area (Å²) in [6.07, 6.45) is 0. The molecule has 0 aliphatic heterocycles. The maximum atomic E-state index is 12.6. The van der Waals surface area contributed by atoms with E-state index in [0.29, 0.717) is 16.5 Å². The lowest BCUT2D eigenvalue weighted by molar-refractivity contribution is -0.385. The molecule has 8 nitrogen and oxygen atoms in total. The van der Waals surface area contributed by atoms with Crippen LogP contribution in [0.4, 0.5) is 11.4 Å². The summed E-state index contributed by atoms with van der Waals surface area (Å²) in [5, 5.41) is 14.6. The van der Waals surface area contributed by atoms with Gasteiger partial charge in [0.2, 0.25) is 5.91 Å². The van der Waals surface area contributed by atoms with Crippen LogP contribution in [0.3, 0.4) is 0 Å². The normalized spacial score (nSPS) is 11.1. The van der Waals surface area contributed by atoms with Crippen LogP contribution in [-0.2, 0) is 14.9 Å². The predicted octanol–water partition coefficient (Wildman–Crippen LogP) is 3.47. The van der Waals surface area contributed by atoms with Crippen molar-refractivity contribution in [1.29, 1.82) is 0 Å². The van der Waals surface area contributed by atoms with Gasteiger partial charge in [-0.3, -0.25) is 14.9 Å². The number of non-ortho nitro benzene ring substituents is 1. The number of nitrogens with zero attached hydrogens (tertiary/aromatic N) is 1.